The van der Waals surface area contributed by atoms with Gasteiger partial charge in [0.2, 0.25) is 0 Å². The molecule has 158 valence electrons. The molecule has 0 bridgehead atoms. The maximum Gasteiger partial charge on any atom is 0.256 e. The van der Waals surface area contributed by atoms with Crippen molar-refractivity contribution in [1.82, 2.24) is 34.4 Å². The minimum Gasteiger partial charge on any atom is -0.348 e. The van der Waals surface area contributed by atoms with Crippen LogP contribution in [0.2, 0.25) is 0 Å². The molecule has 0 aliphatic heterocycles. The summed E-state index contributed by atoms with van der Waals surface area (Å²) in [4.78, 5) is 17.0. The SMILES string of the molecule is O=C(NCc1ccc(-n2cncn2)cc1)c1cnn(-c2ccccc2F)c1-n1cccc1. The van der Waals surface area contributed by atoms with Crippen LogP contribution in [0, 0.1) is 5.82 Å². The number of carbonyl (C=O) groups is 1. The largest absolute Gasteiger partial charge is 0.348 e. The molecule has 1 N–H and O–H groups in total. The number of halogens is 1. The lowest BCUT2D eigenvalue weighted by Crippen LogP contribution is -2.24. The number of nitrogens with zero attached hydrogens (tertiary/aromatic N) is 6. The Labute approximate surface area is 182 Å². The zero-order valence-electron chi connectivity index (χ0n) is 16.8. The number of carbonyl (C=O) groups excluding carboxylic acids is 1. The Hall–Kier alpha value is -4.53. The monoisotopic (exact) mass is 427 g/mol. The molecule has 2 aromatic carbocycles. The number of para-hydroxylation sites is 1. The summed E-state index contributed by atoms with van der Waals surface area (Å²) in [6.45, 7) is 0.326. The molecule has 8 nitrogen and oxygen atoms in total. The van der Waals surface area contributed by atoms with Crippen LogP contribution in [0.15, 0.2) is 91.9 Å². The number of amides is 1. The van der Waals surface area contributed by atoms with Crippen molar-refractivity contribution in [2.24, 2.45) is 0 Å². The molecule has 0 saturated carbocycles. The first-order valence-electron chi connectivity index (χ1n) is 9.89. The van der Waals surface area contributed by atoms with Crippen molar-refractivity contribution < 1.29 is 9.18 Å². The van der Waals surface area contributed by atoms with E-state index in [1.807, 2.05) is 36.4 Å². The number of benzene rings is 2. The second-order valence-corrected chi connectivity index (χ2v) is 7.02. The van der Waals surface area contributed by atoms with E-state index in [9.17, 15) is 9.18 Å². The van der Waals surface area contributed by atoms with Crippen LogP contribution in [0.3, 0.4) is 0 Å². The predicted octanol–water partition coefficient (Wildman–Crippen LogP) is 3.31. The van der Waals surface area contributed by atoms with Crippen molar-refractivity contribution in [1.29, 1.82) is 0 Å². The fourth-order valence-corrected chi connectivity index (χ4v) is 3.41. The molecular formula is C23H18FN7O. The summed E-state index contributed by atoms with van der Waals surface area (Å²) < 4.78 is 19.3. The van der Waals surface area contributed by atoms with Crippen LogP contribution < -0.4 is 5.32 Å². The Bertz CT molecular complexity index is 1340. The second kappa shape index (κ2) is 8.31. The van der Waals surface area contributed by atoms with Gasteiger partial charge in [-0.05, 0) is 42.0 Å². The number of hydrogen-bond acceptors (Lipinski definition) is 4. The van der Waals surface area contributed by atoms with Gasteiger partial charge in [-0.1, -0.05) is 24.3 Å². The smallest absolute Gasteiger partial charge is 0.256 e. The van der Waals surface area contributed by atoms with Crippen LogP contribution in [-0.2, 0) is 6.54 Å². The normalized spacial score (nSPS) is 10.9. The van der Waals surface area contributed by atoms with Crippen molar-refractivity contribution in [2.45, 2.75) is 6.54 Å². The first-order chi connectivity index (χ1) is 15.7. The first-order valence-corrected chi connectivity index (χ1v) is 9.89. The highest BCUT2D eigenvalue weighted by molar-refractivity contribution is 5.97. The Morgan fingerprint density at radius 1 is 0.969 bits per heavy atom. The van der Waals surface area contributed by atoms with Gasteiger partial charge in [-0.2, -0.15) is 10.2 Å². The molecule has 0 spiro atoms. The predicted molar refractivity (Wildman–Crippen MR) is 115 cm³/mol. The maximum absolute atomic E-state index is 14.4. The summed E-state index contributed by atoms with van der Waals surface area (Å²) in [6.07, 6.45) is 8.11. The van der Waals surface area contributed by atoms with Gasteiger partial charge in [0.05, 0.1) is 11.9 Å². The third kappa shape index (κ3) is 3.67. The molecule has 0 saturated heterocycles. The average molecular weight is 427 g/mol. The number of nitrogens with one attached hydrogen (secondary N) is 1. The van der Waals surface area contributed by atoms with E-state index in [4.69, 9.17) is 0 Å². The van der Waals surface area contributed by atoms with Crippen LogP contribution in [0.1, 0.15) is 15.9 Å². The van der Waals surface area contributed by atoms with E-state index >= 15 is 0 Å². The molecule has 9 heteroatoms. The molecule has 3 aromatic heterocycles. The molecule has 1 amide bonds. The van der Waals surface area contributed by atoms with Gasteiger partial charge < -0.3 is 9.88 Å². The zero-order valence-corrected chi connectivity index (χ0v) is 16.8. The lowest BCUT2D eigenvalue weighted by Gasteiger charge is -2.12. The second-order valence-electron chi connectivity index (χ2n) is 7.02. The average Bonchev–Trinajstić information content (AvgIpc) is 3.59. The van der Waals surface area contributed by atoms with Crippen molar-refractivity contribution in [2.75, 3.05) is 0 Å². The van der Waals surface area contributed by atoms with Crippen LogP contribution >= 0.6 is 0 Å². The van der Waals surface area contributed by atoms with E-state index < -0.39 is 5.82 Å². The fraction of sp³-hybridized carbons (Fsp3) is 0.0435. The van der Waals surface area contributed by atoms with Gasteiger partial charge in [-0.25, -0.2) is 18.7 Å². The molecule has 0 aliphatic carbocycles. The summed E-state index contributed by atoms with van der Waals surface area (Å²) in [7, 11) is 0. The number of aromatic nitrogens is 6. The molecule has 0 atom stereocenters. The summed E-state index contributed by atoms with van der Waals surface area (Å²) in [5.74, 6) is -0.279. The third-order valence-electron chi connectivity index (χ3n) is 4.99. The Kier molecular flexibility index (Phi) is 5.04. The lowest BCUT2D eigenvalue weighted by molar-refractivity contribution is 0.0951. The summed E-state index contributed by atoms with van der Waals surface area (Å²) in [6, 6.07) is 17.6. The van der Waals surface area contributed by atoms with Gasteiger partial charge in [0.25, 0.3) is 5.91 Å². The molecule has 5 aromatic rings. The standard InChI is InChI=1S/C23H18FN7O/c24-20-5-1-2-6-21(20)31-23(29-11-3-4-12-29)19(14-27-31)22(32)26-13-17-7-9-18(10-8-17)30-16-25-15-28-30/h1-12,14-16H,13H2,(H,26,32). The Morgan fingerprint density at radius 2 is 1.75 bits per heavy atom. The van der Waals surface area contributed by atoms with Gasteiger partial charge in [0.1, 0.15) is 29.7 Å². The summed E-state index contributed by atoms with van der Waals surface area (Å²) in [5.41, 5.74) is 2.40. The highest BCUT2D eigenvalue weighted by Crippen LogP contribution is 2.22. The van der Waals surface area contributed by atoms with E-state index in [1.54, 1.807) is 46.2 Å². The van der Waals surface area contributed by atoms with Gasteiger partial charge in [0.15, 0.2) is 5.82 Å². The topological polar surface area (TPSA) is 82.6 Å². The van der Waals surface area contributed by atoms with E-state index in [0.717, 1.165) is 11.3 Å². The summed E-state index contributed by atoms with van der Waals surface area (Å²) in [5, 5.41) is 11.3. The van der Waals surface area contributed by atoms with Crippen molar-refractivity contribution >= 4 is 5.91 Å². The summed E-state index contributed by atoms with van der Waals surface area (Å²) >= 11 is 0. The van der Waals surface area contributed by atoms with Gasteiger partial charge >= 0.3 is 0 Å². The first kappa shape index (κ1) is 19.4. The minimum absolute atomic E-state index is 0.263. The molecule has 3 heterocycles. The van der Waals surface area contributed by atoms with Crippen molar-refractivity contribution in [3.05, 3.63) is 109 Å². The zero-order chi connectivity index (χ0) is 21.9. The van der Waals surface area contributed by atoms with Gasteiger partial charge in [-0.15, -0.1) is 0 Å². The Morgan fingerprint density at radius 3 is 2.47 bits per heavy atom. The quantitative estimate of drug-likeness (QED) is 0.451. The Balaban J connectivity index is 1.40. The third-order valence-corrected chi connectivity index (χ3v) is 4.99. The number of rotatable bonds is 6. The molecule has 5 rings (SSSR count). The van der Waals surface area contributed by atoms with E-state index in [-0.39, 0.29) is 11.6 Å². The maximum atomic E-state index is 14.4. The molecule has 32 heavy (non-hydrogen) atoms. The van der Waals surface area contributed by atoms with Crippen LogP contribution in [-0.4, -0.2) is 35.0 Å². The van der Waals surface area contributed by atoms with Gasteiger partial charge in [-0.3, -0.25) is 4.79 Å². The molecule has 0 fully saturated rings. The minimum atomic E-state index is -0.427. The van der Waals surface area contributed by atoms with Crippen LogP contribution in [0.4, 0.5) is 4.39 Å². The van der Waals surface area contributed by atoms with E-state index in [0.29, 0.717) is 17.9 Å². The van der Waals surface area contributed by atoms with Crippen molar-refractivity contribution in [3.63, 3.8) is 0 Å². The van der Waals surface area contributed by atoms with E-state index in [1.165, 1.54) is 23.3 Å². The van der Waals surface area contributed by atoms with Crippen LogP contribution in [0.5, 0.6) is 0 Å². The molecule has 0 unspecified atom stereocenters. The number of hydrogen-bond donors (Lipinski definition) is 1. The van der Waals surface area contributed by atoms with Crippen molar-refractivity contribution in [3.8, 4) is 17.2 Å². The lowest BCUT2D eigenvalue weighted by atomic mass is 10.2. The molecular weight excluding hydrogens is 409 g/mol. The molecule has 0 radical (unpaired) electrons. The van der Waals surface area contributed by atoms with Gasteiger partial charge in [0, 0.05) is 18.9 Å². The fourth-order valence-electron chi connectivity index (χ4n) is 3.41. The molecule has 0 aliphatic rings. The van der Waals surface area contributed by atoms with E-state index in [2.05, 4.69) is 20.5 Å². The highest BCUT2D eigenvalue weighted by Gasteiger charge is 2.21. The van der Waals surface area contributed by atoms with Crippen LogP contribution in [0.25, 0.3) is 17.2 Å². The highest BCUT2D eigenvalue weighted by atomic mass is 19.1.